The highest BCUT2D eigenvalue weighted by molar-refractivity contribution is 7.89. The standard InChI is InChI=1S/C9H15ClN2O3S/c1-2-8-6-11-9(15-8)7-12-16(13,14)5-3-4-10/h6,12H,2-5,7H2,1H3. The van der Waals surface area contributed by atoms with Crippen LogP contribution in [-0.2, 0) is 23.0 Å². The van der Waals surface area contributed by atoms with E-state index in [-0.39, 0.29) is 12.3 Å². The fraction of sp³-hybridized carbons (Fsp3) is 0.667. The summed E-state index contributed by atoms with van der Waals surface area (Å²) >= 11 is 5.42. The number of rotatable bonds is 7. The smallest absolute Gasteiger partial charge is 0.212 e. The average Bonchev–Trinajstić information content (AvgIpc) is 2.72. The Bertz CT molecular complexity index is 416. The van der Waals surface area contributed by atoms with Crippen LogP contribution in [0.3, 0.4) is 0 Å². The van der Waals surface area contributed by atoms with Gasteiger partial charge in [-0.1, -0.05) is 6.92 Å². The lowest BCUT2D eigenvalue weighted by molar-refractivity contribution is 0.452. The molecule has 92 valence electrons. The van der Waals surface area contributed by atoms with E-state index in [9.17, 15) is 8.42 Å². The van der Waals surface area contributed by atoms with E-state index in [0.29, 0.717) is 18.2 Å². The molecule has 1 aromatic heterocycles. The van der Waals surface area contributed by atoms with Gasteiger partial charge in [0.1, 0.15) is 5.76 Å². The van der Waals surface area contributed by atoms with Crippen LogP contribution in [0.2, 0.25) is 0 Å². The first kappa shape index (κ1) is 13.5. The number of sulfonamides is 1. The molecule has 0 aliphatic rings. The maximum atomic E-state index is 11.4. The molecule has 0 saturated heterocycles. The van der Waals surface area contributed by atoms with Crippen molar-refractivity contribution in [3.8, 4) is 0 Å². The van der Waals surface area contributed by atoms with E-state index in [1.54, 1.807) is 6.20 Å². The zero-order chi connectivity index (χ0) is 12.0. The van der Waals surface area contributed by atoms with Crippen LogP contribution in [0.1, 0.15) is 25.0 Å². The Morgan fingerprint density at radius 3 is 2.88 bits per heavy atom. The summed E-state index contributed by atoms with van der Waals surface area (Å²) in [5.41, 5.74) is 0. The molecule has 16 heavy (non-hydrogen) atoms. The second-order valence-corrected chi connectivity index (χ2v) is 5.56. The average molecular weight is 267 g/mol. The number of oxazole rings is 1. The van der Waals surface area contributed by atoms with Gasteiger partial charge in [-0.25, -0.2) is 18.1 Å². The summed E-state index contributed by atoms with van der Waals surface area (Å²) in [4.78, 5) is 3.95. The molecule has 0 amide bonds. The molecule has 0 bridgehead atoms. The fourth-order valence-corrected chi connectivity index (χ4v) is 2.39. The van der Waals surface area contributed by atoms with E-state index < -0.39 is 10.0 Å². The Morgan fingerprint density at radius 1 is 1.56 bits per heavy atom. The molecule has 0 aromatic carbocycles. The third-order valence-electron chi connectivity index (χ3n) is 1.94. The van der Waals surface area contributed by atoms with Gasteiger partial charge >= 0.3 is 0 Å². The van der Waals surface area contributed by atoms with Gasteiger partial charge in [-0.15, -0.1) is 11.6 Å². The largest absolute Gasteiger partial charge is 0.444 e. The van der Waals surface area contributed by atoms with Crippen molar-refractivity contribution in [2.24, 2.45) is 0 Å². The molecule has 1 N–H and O–H groups in total. The third-order valence-corrected chi connectivity index (χ3v) is 3.62. The quantitative estimate of drug-likeness (QED) is 0.755. The first-order chi connectivity index (χ1) is 7.57. The summed E-state index contributed by atoms with van der Waals surface area (Å²) in [5, 5.41) is 0. The normalized spacial score (nSPS) is 11.9. The van der Waals surface area contributed by atoms with Crippen molar-refractivity contribution in [2.45, 2.75) is 26.3 Å². The monoisotopic (exact) mass is 266 g/mol. The minimum atomic E-state index is -3.27. The van der Waals surface area contributed by atoms with Gasteiger partial charge in [-0.3, -0.25) is 0 Å². The summed E-state index contributed by atoms with van der Waals surface area (Å²) < 4.78 is 30.5. The Kier molecular flexibility index (Phi) is 5.24. The number of aryl methyl sites for hydroxylation is 1. The topological polar surface area (TPSA) is 72.2 Å². The molecule has 0 aliphatic heterocycles. The SMILES string of the molecule is CCc1cnc(CNS(=O)(=O)CCCCl)o1. The second kappa shape index (κ2) is 6.22. The van der Waals surface area contributed by atoms with Gasteiger partial charge in [0.05, 0.1) is 18.5 Å². The van der Waals surface area contributed by atoms with Crippen LogP contribution >= 0.6 is 11.6 Å². The Labute approximate surface area is 100 Å². The Hall–Kier alpha value is -0.590. The minimum absolute atomic E-state index is 0.0256. The first-order valence-electron chi connectivity index (χ1n) is 5.04. The molecule has 0 fully saturated rings. The predicted octanol–water partition coefficient (Wildman–Crippen LogP) is 1.29. The van der Waals surface area contributed by atoms with Gasteiger partial charge in [0.25, 0.3) is 0 Å². The molecular formula is C9H15ClN2O3S. The van der Waals surface area contributed by atoms with Gasteiger partial charge in [0.15, 0.2) is 0 Å². The van der Waals surface area contributed by atoms with Crippen LogP contribution in [-0.4, -0.2) is 25.0 Å². The summed E-state index contributed by atoms with van der Waals surface area (Å²) in [6.45, 7) is 2.03. The van der Waals surface area contributed by atoms with Crippen LogP contribution in [0, 0.1) is 0 Å². The lowest BCUT2D eigenvalue weighted by Crippen LogP contribution is -2.26. The van der Waals surface area contributed by atoms with Gasteiger partial charge in [-0.2, -0.15) is 0 Å². The van der Waals surface area contributed by atoms with E-state index in [1.807, 2.05) is 6.92 Å². The maximum absolute atomic E-state index is 11.4. The number of alkyl halides is 1. The van der Waals surface area contributed by atoms with Crippen molar-refractivity contribution in [1.29, 1.82) is 0 Å². The van der Waals surface area contributed by atoms with Crippen molar-refractivity contribution in [3.05, 3.63) is 17.8 Å². The Morgan fingerprint density at radius 2 is 2.31 bits per heavy atom. The zero-order valence-corrected chi connectivity index (χ0v) is 10.6. The van der Waals surface area contributed by atoms with Crippen LogP contribution in [0.25, 0.3) is 0 Å². The van der Waals surface area contributed by atoms with E-state index in [1.165, 1.54) is 0 Å². The molecule has 0 aliphatic carbocycles. The lowest BCUT2D eigenvalue weighted by Gasteiger charge is -2.02. The number of halogens is 1. The van der Waals surface area contributed by atoms with Crippen molar-refractivity contribution in [1.82, 2.24) is 9.71 Å². The molecule has 0 radical (unpaired) electrons. The highest BCUT2D eigenvalue weighted by Gasteiger charge is 2.11. The minimum Gasteiger partial charge on any atom is -0.444 e. The number of hydrogen-bond donors (Lipinski definition) is 1. The highest BCUT2D eigenvalue weighted by Crippen LogP contribution is 2.04. The number of nitrogens with one attached hydrogen (secondary N) is 1. The fourth-order valence-electron chi connectivity index (χ4n) is 1.08. The van der Waals surface area contributed by atoms with E-state index >= 15 is 0 Å². The number of nitrogens with zero attached hydrogens (tertiary/aromatic N) is 1. The summed E-state index contributed by atoms with van der Waals surface area (Å²) in [6.07, 6.45) is 2.77. The van der Waals surface area contributed by atoms with Crippen LogP contribution in [0.5, 0.6) is 0 Å². The molecular weight excluding hydrogens is 252 g/mol. The lowest BCUT2D eigenvalue weighted by atomic mass is 10.4. The molecule has 0 saturated carbocycles. The molecule has 1 aromatic rings. The van der Waals surface area contributed by atoms with Crippen LogP contribution in [0.4, 0.5) is 0 Å². The Balaban J connectivity index is 2.44. The molecule has 7 heteroatoms. The molecule has 1 heterocycles. The second-order valence-electron chi connectivity index (χ2n) is 3.26. The zero-order valence-electron chi connectivity index (χ0n) is 9.07. The van der Waals surface area contributed by atoms with E-state index in [0.717, 1.165) is 12.2 Å². The highest BCUT2D eigenvalue weighted by atomic mass is 35.5. The van der Waals surface area contributed by atoms with Crippen LogP contribution in [0.15, 0.2) is 10.6 Å². The summed E-state index contributed by atoms with van der Waals surface area (Å²) in [7, 11) is -3.27. The van der Waals surface area contributed by atoms with Crippen molar-refractivity contribution < 1.29 is 12.8 Å². The van der Waals surface area contributed by atoms with E-state index in [2.05, 4.69) is 9.71 Å². The van der Waals surface area contributed by atoms with Crippen molar-refractivity contribution in [3.63, 3.8) is 0 Å². The summed E-state index contributed by atoms with van der Waals surface area (Å²) in [5.74, 6) is 1.49. The maximum Gasteiger partial charge on any atom is 0.212 e. The molecule has 0 atom stereocenters. The van der Waals surface area contributed by atoms with Gasteiger partial charge in [-0.05, 0) is 6.42 Å². The van der Waals surface area contributed by atoms with Crippen molar-refractivity contribution >= 4 is 21.6 Å². The number of hydrogen-bond acceptors (Lipinski definition) is 4. The molecule has 0 spiro atoms. The molecule has 1 rings (SSSR count). The van der Waals surface area contributed by atoms with Crippen LogP contribution < -0.4 is 4.72 Å². The molecule has 5 nitrogen and oxygen atoms in total. The summed E-state index contributed by atoms with van der Waals surface area (Å²) in [6, 6.07) is 0. The third kappa shape index (κ3) is 4.51. The van der Waals surface area contributed by atoms with Gasteiger partial charge in [0.2, 0.25) is 15.9 Å². The first-order valence-corrected chi connectivity index (χ1v) is 7.23. The van der Waals surface area contributed by atoms with Gasteiger partial charge in [0, 0.05) is 12.3 Å². The van der Waals surface area contributed by atoms with Gasteiger partial charge < -0.3 is 4.42 Å². The number of aromatic nitrogens is 1. The van der Waals surface area contributed by atoms with Crippen molar-refractivity contribution in [2.75, 3.05) is 11.6 Å². The van der Waals surface area contributed by atoms with E-state index in [4.69, 9.17) is 16.0 Å². The molecule has 0 unspecified atom stereocenters. The predicted molar refractivity (Wildman–Crippen MR) is 61.8 cm³/mol.